The fourth-order valence-electron chi connectivity index (χ4n) is 5.72. The lowest BCUT2D eigenvalue weighted by Crippen LogP contribution is -3.16. The van der Waals surface area contributed by atoms with Gasteiger partial charge in [-0.15, -0.1) is 0 Å². The Balaban J connectivity index is 0.956. The summed E-state index contributed by atoms with van der Waals surface area (Å²) in [5, 5.41) is 22.6. The molecule has 0 aliphatic carbocycles. The van der Waals surface area contributed by atoms with Crippen molar-refractivity contribution >= 4 is 34.6 Å². The molecule has 2 atom stereocenters. The van der Waals surface area contributed by atoms with Gasteiger partial charge in [0.2, 0.25) is 0 Å². The summed E-state index contributed by atoms with van der Waals surface area (Å²) in [6.45, 7) is 9.36. The fourth-order valence-corrected chi connectivity index (χ4v) is 6.09. The highest BCUT2D eigenvalue weighted by atomic mass is 35.5. The molecule has 2 saturated heterocycles. The molecule has 2 heterocycles. The van der Waals surface area contributed by atoms with E-state index in [2.05, 4.69) is 21.9 Å². The molecule has 226 valence electrons. The minimum Gasteiger partial charge on any atom is -0.491 e. The van der Waals surface area contributed by atoms with Crippen LogP contribution in [0.4, 0.5) is 11.4 Å². The van der Waals surface area contributed by atoms with Crippen LogP contribution in [0.2, 0.25) is 10.0 Å². The largest absolute Gasteiger partial charge is 0.491 e. The Kier molecular flexibility index (Phi) is 11.1. The van der Waals surface area contributed by atoms with Crippen LogP contribution in [0.1, 0.15) is 0 Å². The average Bonchev–Trinajstić information content (AvgIpc) is 3.00. The van der Waals surface area contributed by atoms with Gasteiger partial charge >= 0.3 is 0 Å². The summed E-state index contributed by atoms with van der Waals surface area (Å²) >= 11 is 12.3. The highest BCUT2D eigenvalue weighted by Gasteiger charge is 2.24. The van der Waals surface area contributed by atoms with Crippen LogP contribution in [0, 0.1) is 0 Å². The first-order valence-electron chi connectivity index (χ1n) is 14.8. The zero-order chi connectivity index (χ0) is 29.3. The lowest BCUT2D eigenvalue weighted by molar-refractivity contribution is -0.903. The van der Waals surface area contributed by atoms with Crippen molar-refractivity contribution in [2.45, 2.75) is 12.2 Å². The van der Waals surface area contributed by atoms with Crippen LogP contribution >= 0.6 is 23.2 Å². The fraction of sp³-hybridized carbons (Fsp3) is 0.438. The summed E-state index contributed by atoms with van der Waals surface area (Å²) in [4.78, 5) is 7.42. The van der Waals surface area contributed by atoms with E-state index in [1.807, 2.05) is 60.7 Å². The predicted octanol–water partition coefficient (Wildman–Crippen LogP) is 1.28. The minimum absolute atomic E-state index is 0.244. The van der Waals surface area contributed by atoms with Crippen LogP contribution in [-0.4, -0.2) is 101 Å². The summed E-state index contributed by atoms with van der Waals surface area (Å²) < 4.78 is 11.7. The number of ether oxygens (including phenoxy) is 2. The molecule has 0 spiro atoms. The Morgan fingerprint density at radius 2 is 1.00 bits per heavy atom. The molecule has 0 unspecified atom stereocenters. The van der Waals surface area contributed by atoms with Crippen LogP contribution in [0.3, 0.4) is 0 Å². The van der Waals surface area contributed by atoms with E-state index in [4.69, 9.17) is 32.7 Å². The highest BCUT2D eigenvalue weighted by molar-refractivity contribution is 6.31. The number of nitrogens with zero attached hydrogens (tertiary/aromatic N) is 2. The Labute approximate surface area is 258 Å². The van der Waals surface area contributed by atoms with Crippen LogP contribution in [0.15, 0.2) is 72.8 Å². The number of hydrogen-bond donors (Lipinski definition) is 4. The lowest BCUT2D eigenvalue weighted by atomic mass is 10.2. The third-order valence-electron chi connectivity index (χ3n) is 8.04. The van der Waals surface area contributed by atoms with E-state index < -0.39 is 12.2 Å². The maximum atomic E-state index is 10.6. The van der Waals surface area contributed by atoms with Gasteiger partial charge in [-0.2, -0.15) is 0 Å². The first kappa shape index (κ1) is 30.7. The molecule has 4 N–H and O–H groups in total. The molecule has 0 aromatic heterocycles. The smallest absolute Gasteiger partial charge is 0.137 e. The first-order valence-corrected chi connectivity index (χ1v) is 15.6. The summed E-state index contributed by atoms with van der Waals surface area (Å²) in [7, 11) is 0. The average molecular weight is 618 g/mol. The molecule has 5 rings (SSSR count). The van der Waals surface area contributed by atoms with Crippen LogP contribution < -0.4 is 29.1 Å². The minimum atomic E-state index is -0.543. The van der Waals surface area contributed by atoms with Gasteiger partial charge in [0.15, 0.2) is 0 Å². The number of aliphatic hydroxyl groups is 2. The molecule has 42 heavy (non-hydrogen) atoms. The Morgan fingerprint density at radius 1 is 0.619 bits per heavy atom. The number of halogens is 2. The second-order valence-corrected chi connectivity index (χ2v) is 12.1. The molecule has 0 radical (unpaired) electrons. The molecule has 2 aliphatic heterocycles. The van der Waals surface area contributed by atoms with Crippen LogP contribution in [0.5, 0.6) is 11.5 Å². The number of benzene rings is 3. The Hall–Kier alpha value is -2.72. The van der Waals surface area contributed by atoms with Crippen molar-refractivity contribution in [2.24, 2.45) is 0 Å². The number of aliphatic hydroxyl groups excluding tert-OH is 2. The monoisotopic (exact) mass is 616 g/mol. The molecule has 10 heteroatoms. The third kappa shape index (κ3) is 9.14. The lowest BCUT2D eigenvalue weighted by Gasteiger charge is -2.34. The second kappa shape index (κ2) is 15.1. The number of nitrogens with one attached hydrogen (secondary N) is 2. The van der Waals surface area contributed by atoms with E-state index in [9.17, 15) is 10.2 Å². The molecule has 8 nitrogen and oxygen atoms in total. The quantitative estimate of drug-likeness (QED) is 0.246. The van der Waals surface area contributed by atoms with Gasteiger partial charge in [0, 0.05) is 21.4 Å². The second-order valence-electron chi connectivity index (χ2n) is 11.2. The van der Waals surface area contributed by atoms with Crippen molar-refractivity contribution in [2.75, 3.05) is 88.5 Å². The Bertz CT molecular complexity index is 1150. The number of rotatable bonds is 12. The van der Waals surface area contributed by atoms with Crippen molar-refractivity contribution < 1.29 is 29.5 Å². The number of anilines is 2. The van der Waals surface area contributed by atoms with Crippen molar-refractivity contribution in [1.82, 2.24) is 0 Å². The van der Waals surface area contributed by atoms with E-state index in [-0.39, 0.29) is 13.2 Å². The van der Waals surface area contributed by atoms with Gasteiger partial charge in [-0.05, 0) is 60.7 Å². The summed E-state index contributed by atoms with van der Waals surface area (Å²) in [5.41, 5.74) is 2.30. The zero-order valence-corrected chi connectivity index (χ0v) is 25.4. The molecule has 2 aliphatic rings. The van der Waals surface area contributed by atoms with Gasteiger partial charge in [0.1, 0.15) is 50.0 Å². The van der Waals surface area contributed by atoms with Crippen molar-refractivity contribution in [3.63, 3.8) is 0 Å². The molecule has 0 amide bonds. The van der Waals surface area contributed by atoms with Gasteiger partial charge in [-0.3, -0.25) is 0 Å². The van der Waals surface area contributed by atoms with Gasteiger partial charge in [0.05, 0.1) is 52.4 Å². The van der Waals surface area contributed by atoms with Crippen molar-refractivity contribution in [3.8, 4) is 11.5 Å². The van der Waals surface area contributed by atoms with E-state index in [1.54, 1.807) is 0 Å². The van der Waals surface area contributed by atoms with E-state index in [1.165, 1.54) is 9.80 Å². The summed E-state index contributed by atoms with van der Waals surface area (Å²) in [6, 6.07) is 23.3. The highest BCUT2D eigenvalue weighted by Crippen LogP contribution is 2.21. The maximum absolute atomic E-state index is 10.6. The van der Waals surface area contributed by atoms with E-state index >= 15 is 0 Å². The van der Waals surface area contributed by atoms with Gasteiger partial charge in [0.25, 0.3) is 0 Å². The zero-order valence-electron chi connectivity index (χ0n) is 23.9. The SMILES string of the molecule is O[C@H](COc1ccc(OC[C@H](O)C[NH+]2CCN(c3cccc(Cl)c3)CC2)cc1)C[NH+]1CCN(c2cccc(Cl)c2)CC1. The summed E-state index contributed by atoms with van der Waals surface area (Å²) in [5.74, 6) is 1.37. The number of piperazine rings is 2. The predicted molar refractivity (Wildman–Crippen MR) is 168 cm³/mol. The normalized spacial score (nSPS) is 18.1. The Morgan fingerprint density at radius 3 is 1.36 bits per heavy atom. The molecule has 3 aromatic carbocycles. The standard InChI is InChI=1S/C32H40Cl2N4O4/c33-25-3-1-5-27(19-25)37-15-11-35(12-16-37)21-29(39)23-41-31-7-9-32(10-8-31)42-24-30(40)22-36-13-17-38(18-14-36)28-6-2-4-26(34)20-28/h1-10,19-20,29-30,39-40H,11-18,21-24H2/p+2/t29-,30+. The van der Waals surface area contributed by atoms with Crippen molar-refractivity contribution in [1.29, 1.82) is 0 Å². The van der Waals surface area contributed by atoms with Crippen LogP contribution in [-0.2, 0) is 0 Å². The molecule has 0 bridgehead atoms. The molecule has 2 fully saturated rings. The molecule has 3 aromatic rings. The topological polar surface area (TPSA) is 74.3 Å². The third-order valence-corrected chi connectivity index (χ3v) is 8.52. The van der Waals surface area contributed by atoms with E-state index in [0.717, 1.165) is 73.8 Å². The van der Waals surface area contributed by atoms with Gasteiger partial charge in [-0.1, -0.05) is 35.3 Å². The molecular formula is C32H42Cl2N4O4+2. The van der Waals surface area contributed by atoms with E-state index in [0.29, 0.717) is 24.6 Å². The van der Waals surface area contributed by atoms with Gasteiger partial charge < -0.3 is 39.3 Å². The van der Waals surface area contributed by atoms with Crippen LogP contribution in [0.25, 0.3) is 0 Å². The first-order chi connectivity index (χ1) is 20.4. The summed E-state index contributed by atoms with van der Waals surface area (Å²) in [6.07, 6.45) is -1.09. The van der Waals surface area contributed by atoms with Gasteiger partial charge in [-0.25, -0.2) is 0 Å². The molecular weight excluding hydrogens is 575 g/mol. The molecule has 0 saturated carbocycles. The number of quaternary nitrogens is 2. The van der Waals surface area contributed by atoms with Crippen molar-refractivity contribution in [3.05, 3.63) is 82.8 Å². The number of hydrogen-bond acceptors (Lipinski definition) is 6. The maximum Gasteiger partial charge on any atom is 0.137 e.